The van der Waals surface area contributed by atoms with Crippen LogP contribution in [-0.4, -0.2) is 21.8 Å². The van der Waals surface area contributed by atoms with Crippen LogP contribution in [0, 0.1) is 12.7 Å². The normalized spacial score (nSPS) is 21.0. The van der Waals surface area contributed by atoms with Crippen molar-refractivity contribution in [3.05, 3.63) is 53.4 Å². The Hall–Kier alpha value is -1.68. The van der Waals surface area contributed by atoms with Gasteiger partial charge in [0, 0.05) is 31.5 Å². The fourth-order valence-corrected chi connectivity index (χ4v) is 3.26. The van der Waals surface area contributed by atoms with Crippen molar-refractivity contribution in [1.29, 1.82) is 0 Å². The number of rotatable bonds is 3. The fraction of sp³-hybridized carbons (Fsp3) is 0.500. The Morgan fingerprint density at radius 2 is 2.23 bits per heavy atom. The smallest absolute Gasteiger partial charge is 0.123 e. The molecule has 0 radical (unpaired) electrons. The van der Waals surface area contributed by atoms with Crippen LogP contribution >= 0.6 is 0 Å². The van der Waals surface area contributed by atoms with E-state index in [4.69, 9.17) is 4.74 Å². The molecule has 1 aliphatic heterocycles. The molecule has 2 heterocycles. The van der Waals surface area contributed by atoms with Gasteiger partial charge in [0.05, 0.1) is 5.60 Å². The van der Waals surface area contributed by atoms with Gasteiger partial charge in [0.15, 0.2) is 0 Å². The summed E-state index contributed by atoms with van der Waals surface area (Å²) in [5, 5.41) is 0. The predicted molar refractivity (Wildman–Crippen MR) is 84.5 cm³/mol. The van der Waals surface area contributed by atoms with Gasteiger partial charge in [-0.3, -0.25) is 0 Å². The Balaban J connectivity index is 1.84. The molecule has 0 N–H and O–H groups in total. The summed E-state index contributed by atoms with van der Waals surface area (Å²) in [7, 11) is 0. The molecule has 1 saturated heterocycles. The number of ether oxygens (including phenoxy) is 1. The second kappa shape index (κ2) is 5.84. The minimum atomic E-state index is -0.186. The van der Waals surface area contributed by atoms with Gasteiger partial charge in [-0.2, -0.15) is 0 Å². The standard InChI is InChI=1S/C18H23FN2O/c1-13-4-5-16(19)10-15(13)12-21-8-7-20-17(21)14-6-9-22-18(2,3)11-14/h4-5,7-8,10,14H,6,9,11-12H2,1-3H3/t14-/m0/s1. The summed E-state index contributed by atoms with van der Waals surface area (Å²) in [6.45, 7) is 7.70. The number of hydrogen-bond donors (Lipinski definition) is 0. The van der Waals surface area contributed by atoms with Crippen molar-refractivity contribution in [2.24, 2.45) is 0 Å². The van der Waals surface area contributed by atoms with E-state index in [9.17, 15) is 4.39 Å². The molecule has 3 nitrogen and oxygen atoms in total. The van der Waals surface area contributed by atoms with Crippen LogP contribution < -0.4 is 0 Å². The SMILES string of the molecule is Cc1ccc(F)cc1Cn1ccnc1[C@H]1CCOC(C)(C)C1. The third-order valence-electron chi connectivity index (χ3n) is 4.46. The Bertz CT molecular complexity index is 663. The van der Waals surface area contributed by atoms with E-state index >= 15 is 0 Å². The molecule has 0 unspecified atom stereocenters. The molecule has 1 aromatic heterocycles. The molecule has 1 aliphatic rings. The lowest BCUT2D eigenvalue weighted by Gasteiger charge is -2.35. The summed E-state index contributed by atoms with van der Waals surface area (Å²) in [6.07, 6.45) is 5.78. The van der Waals surface area contributed by atoms with Crippen molar-refractivity contribution in [3.8, 4) is 0 Å². The maximum Gasteiger partial charge on any atom is 0.123 e. The molecule has 0 saturated carbocycles. The zero-order chi connectivity index (χ0) is 15.7. The van der Waals surface area contributed by atoms with Gasteiger partial charge >= 0.3 is 0 Å². The summed E-state index contributed by atoms with van der Waals surface area (Å²) < 4.78 is 21.4. The van der Waals surface area contributed by atoms with E-state index in [1.807, 2.05) is 25.4 Å². The van der Waals surface area contributed by atoms with Crippen molar-refractivity contribution in [2.45, 2.75) is 51.7 Å². The van der Waals surface area contributed by atoms with Gasteiger partial charge in [-0.25, -0.2) is 9.37 Å². The van der Waals surface area contributed by atoms with Crippen LogP contribution in [0.4, 0.5) is 4.39 Å². The molecule has 118 valence electrons. The number of hydrogen-bond acceptors (Lipinski definition) is 2. The molecule has 4 heteroatoms. The Labute approximate surface area is 131 Å². The highest BCUT2D eigenvalue weighted by Gasteiger charge is 2.31. The zero-order valence-electron chi connectivity index (χ0n) is 13.5. The predicted octanol–water partition coefficient (Wildman–Crippen LogP) is 4.05. The van der Waals surface area contributed by atoms with E-state index in [1.165, 1.54) is 6.07 Å². The molecular formula is C18H23FN2O. The number of benzene rings is 1. The first-order chi connectivity index (χ1) is 10.4. The highest BCUT2D eigenvalue weighted by atomic mass is 19.1. The number of nitrogens with zero attached hydrogens (tertiary/aromatic N) is 2. The summed E-state index contributed by atoms with van der Waals surface area (Å²) >= 11 is 0. The van der Waals surface area contributed by atoms with E-state index in [-0.39, 0.29) is 11.4 Å². The van der Waals surface area contributed by atoms with Gasteiger partial charge in [0.2, 0.25) is 0 Å². The molecule has 0 bridgehead atoms. The maximum absolute atomic E-state index is 13.5. The van der Waals surface area contributed by atoms with Gasteiger partial charge in [0.25, 0.3) is 0 Å². The Kier molecular flexibility index (Phi) is 4.04. The fourth-order valence-electron chi connectivity index (χ4n) is 3.26. The van der Waals surface area contributed by atoms with Crippen molar-refractivity contribution >= 4 is 0 Å². The first-order valence-electron chi connectivity index (χ1n) is 7.85. The van der Waals surface area contributed by atoms with Crippen molar-refractivity contribution in [2.75, 3.05) is 6.61 Å². The zero-order valence-corrected chi connectivity index (χ0v) is 13.5. The van der Waals surface area contributed by atoms with Crippen LogP contribution in [0.25, 0.3) is 0 Å². The van der Waals surface area contributed by atoms with Crippen LogP contribution in [0.5, 0.6) is 0 Å². The number of aryl methyl sites for hydroxylation is 1. The van der Waals surface area contributed by atoms with Crippen molar-refractivity contribution < 1.29 is 9.13 Å². The van der Waals surface area contributed by atoms with Crippen LogP contribution in [0.1, 0.15) is 49.6 Å². The average Bonchev–Trinajstić information content (AvgIpc) is 2.90. The van der Waals surface area contributed by atoms with E-state index in [0.29, 0.717) is 12.5 Å². The Morgan fingerprint density at radius 3 is 3.00 bits per heavy atom. The quantitative estimate of drug-likeness (QED) is 0.855. The lowest BCUT2D eigenvalue weighted by molar-refractivity contribution is -0.0606. The molecule has 1 aromatic carbocycles. The van der Waals surface area contributed by atoms with E-state index in [2.05, 4.69) is 23.4 Å². The van der Waals surface area contributed by atoms with Crippen LogP contribution in [-0.2, 0) is 11.3 Å². The highest BCUT2D eigenvalue weighted by Crippen LogP contribution is 2.35. The van der Waals surface area contributed by atoms with Gasteiger partial charge in [-0.15, -0.1) is 0 Å². The average molecular weight is 302 g/mol. The van der Waals surface area contributed by atoms with Crippen LogP contribution in [0.15, 0.2) is 30.6 Å². The van der Waals surface area contributed by atoms with Crippen molar-refractivity contribution in [1.82, 2.24) is 9.55 Å². The number of halogens is 1. The van der Waals surface area contributed by atoms with Gasteiger partial charge in [-0.1, -0.05) is 6.07 Å². The third-order valence-corrected chi connectivity index (χ3v) is 4.46. The molecule has 3 rings (SSSR count). The first kappa shape index (κ1) is 15.2. The minimum Gasteiger partial charge on any atom is -0.376 e. The Morgan fingerprint density at radius 1 is 1.41 bits per heavy atom. The molecule has 1 fully saturated rings. The monoisotopic (exact) mass is 302 g/mol. The van der Waals surface area contributed by atoms with Gasteiger partial charge in [-0.05, 0) is 56.9 Å². The lowest BCUT2D eigenvalue weighted by atomic mass is 9.87. The lowest BCUT2D eigenvalue weighted by Crippen LogP contribution is -2.34. The number of imidazole rings is 1. The minimum absolute atomic E-state index is 0.103. The van der Waals surface area contributed by atoms with E-state index < -0.39 is 0 Å². The molecule has 2 aromatic rings. The third kappa shape index (κ3) is 3.22. The summed E-state index contributed by atoms with van der Waals surface area (Å²) in [5.74, 6) is 1.29. The van der Waals surface area contributed by atoms with Crippen molar-refractivity contribution in [3.63, 3.8) is 0 Å². The molecule has 22 heavy (non-hydrogen) atoms. The molecule has 0 amide bonds. The van der Waals surface area contributed by atoms with Crippen LogP contribution in [0.2, 0.25) is 0 Å². The summed E-state index contributed by atoms with van der Waals surface area (Å²) in [5.41, 5.74) is 2.01. The second-order valence-electron chi connectivity index (χ2n) is 6.78. The van der Waals surface area contributed by atoms with Crippen LogP contribution in [0.3, 0.4) is 0 Å². The summed E-state index contributed by atoms with van der Waals surface area (Å²) in [4.78, 5) is 4.57. The molecule has 0 spiro atoms. The molecular weight excluding hydrogens is 279 g/mol. The van der Waals surface area contributed by atoms with Gasteiger partial charge in [0.1, 0.15) is 11.6 Å². The largest absolute Gasteiger partial charge is 0.376 e. The first-order valence-corrected chi connectivity index (χ1v) is 7.85. The molecule has 0 aliphatic carbocycles. The number of aromatic nitrogens is 2. The highest BCUT2D eigenvalue weighted by molar-refractivity contribution is 5.27. The second-order valence-corrected chi connectivity index (χ2v) is 6.78. The maximum atomic E-state index is 13.5. The van der Waals surface area contributed by atoms with E-state index in [0.717, 1.165) is 36.4 Å². The van der Waals surface area contributed by atoms with Gasteiger partial charge < -0.3 is 9.30 Å². The molecule has 1 atom stereocenters. The summed E-state index contributed by atoms with van der Waals surface area (Å²) in [6, 6.07) is 4.96. The van der Waals surface area contributed by atoms with E-state index in [1.54, 1.807) is 6.07 Å². The topological polar surface area (TPSA) is 27.1 Å².